The summed E-state index contributed by atoms with van der Waals surface area (Å²) in [6.45, 7) is 0. The summed E-state index contributed by atoms with van der Waals surface area (Å²) in [6.07, 6.45) is 2.09. The SMILES string of the molecule is COC(=S)CCCC#N. The van der Waals surface area contributed by atoms with Crippen molar-refractivity contribution in [2.45, 2.75) is 19.3 Å². The van der Waals surface area contributed by atoms with Crippen molar-refractivity contribution in [1.29, 1.82) is 5.26 Å². The fourth-order valence-electron chi connectivity index (χ4n) is 0.414. The molecule has 0 unspecified atom stereocenters. The summed E-state index contributed by atoms with van der Waals surface area (Å²) in [6, 6.07) is 2.03. The minimum Gasteiger partial charge on any atom is -0.490 e. The van der Waals surface area contributed by atoms with E-state index in [-0.39, 0.29) is 0 Å². The standard InChI is InChI=1S/C6H9NOS/c1-8-6(9)4-2-3-5-7/h2-4H2,1H3. The predicted octanol–water partition coefficient (Wildman–Crippen LogP) is 1.65. The summed E-state index contributed by atoms with van der Waals surface area (Å²) in [7, 11) is 1.55. The number of hydrogen-bond donors (Lipinski definition) is 0. The largest absolute Gasteiger partial charge is 0.490 e. The molecule has 0 fully saturated rings. The van der Waals surface area contributed by atoms with Crippen LogP contribution in [0.4, 0.5) is 0 Å². The van der Waals surface area contributed by atoms with E-state index in [1.54, 1.807) is 7.11 Å². The molecule has 0 aromatic carbocycles. The molecule has 0 saturated carbocycles. The molecular formula is C6H9NOS. The Morgan fingerprint density at radius 2 is 2.44 bits per heavy atom. The van der Waals surface area contributed by atoms with Gasteiger partial charge in [-0.15, -0.1) is 0 Å². The van der Waals surface area contributed by atoms with Gasteiger partial charge in [0.1, 0.15) is 0 Å². The van der Waals surface area contributed by atoms with Gasteiger partial charge in [0.15, 0.2) is 5.05 Å². The number of rotatable bonds is 3. The first kappa shape index (κ1) is 8.38. The normalized spacial score (nSPS) is 8.00. The quantitative estimate of drug-likeness (QED) is 0.445. The number of nitriles is 1. The summed E-state index contributed by atoms with van der Waals surface area (Å²) in [5.74, 6) is 0. The highest BCUT2D eigenvalue weighted by Gasteiger charge is 1.92. The van der Waals surface area contributed by atoms with Gasteiger partial charge in [0.05, 0.1) is 13.2 Å². The molecule has 0 saturated heterocycles. The average molecular weight is 143 g/mol. The lowest BCUT2D eigenvalue weighted by molar-refractivity contribution is 0.401. The maximum absolute atomic E-state index is 8.12. The molecule has 9 heavy (non-hydrogen) atoms. The minimum atomic E-state index is 0.559. The zero-order valence-corrected chi connectivity index (χ0v) is 6.20. The summed E-state index contributed by atoms with van der Waals surface area (Å²) in [4.78, 5) is 0. The summed E-state index contributed by atoms with van der Waals surface area (Å²) in [5, 5.41) is 8.71. The zero-order chi connectivity index (χ0) is 7.11. The molecule has 0 spiro atoms. The van der Waals surface area contributed by atoms with Gasteiger partial charge in [0.2, 0.25) is 0 Å². The molecule has 0 rings (SSSR count). The van der Waals surface area contributed by atoms with E-state index in [9.17, 15) is 0 Å². The van der Waals surface area contributed by atoms with Crippen LogP contribution in [0.5, 0.6) is 0 Å². The van der Waals surface area contributed by atoms with Crippen LogP contribution in [-0.2, 0) is 4.74 Å². The highest BCUT2D eigenvalue weighted by Crippen LogP contribution is 1.96. The monoisotopic (exact) mass is 143 g/mol. The maximum atomic E-state index is 8.12. The van der Waals surface area contributed by atoms with Crippen molar-refractivity contribution >= 4 is 17.3 Å². The van der Waals surface area contributed by atoms with Gasteiger partial charge in [-0.05, 0) is 18.6 Å². The van der Waals surface area contributed by atoms with E-state index in [0.29, 0.717) is 11.5 Å². The topological polar surface area (TPSA) is 33.0 Å². The first-order valence-corrected chi connectivity index (χ1v) is 3.16. The Bertz CT molecular complexity index is 128. The molecule has 0 atom stereocenters. The Labute approximate surface area is 60.4 Å². The molecular weight excluding hydrogens is 134 g/mol. The first-order valence-electron chi connectivity index (χ1n) is 2.75. The predicted molar refractivity (Wildman–Crippen MR) is 39.1 cm³/mol. The van der Waals surface area contributed by atoms with Crippen LogP contribution in [0.3, 0.4) is 0 Å². The van der Waals surface area contributed by atoms with Gasteiger partial charge in [-0.3, -0.25) is 0 Å². The maximum Gasteiger partial charge on any atom is 0.159 e. The molecule has 0 N–H and O–H groups in total. The zero-order valence-electron chi connectivity index (χ0n) is 5.39. The molecule has 2 nitrogen and oxygen atoms in total. The molecule has 0 aliphatic heterocycles. The van der Waals surface area contributed by atoms with Gasteiger partial charge in [-0.1, -0.05) is 0 Å². The Kier molecular flexibility index (Phi) is 5.14. The molecule has 0 aromatic heterocycles. The van der Waals surface area contributed by atoms with Crippen LogP contribution in [0, 0.1) is 11.3 Å². The fourth-order valence-corrected chi connectivity index (χ4v) is 0.558. The fraction of sp³-hybridized carbons (Fsp3) is 0.667. The van der Waals surface area contributed by atoms with Gasteiger partial charge < -0.3 is 4.74 Å². The second-order valence-electron chi connectivity index (χ2n) is 1.59. The number of unbranched alkanes of at least 4 members (excludes halogenated alkanes) is 1. The average Bonchev–Trinajstić information content (AvgIpc) is 1.89. The molecule has 0 heterocycles. The first-order chi connectivity index (χ1) is 4.31. The Morgan fingerprint density at radius 3 is 2.89 bits per heavy atom. The highest BCUT2D eigenvalue weighted by molar-refractivity contribution is 7.80. The molecule has 0 bridgehead atoms. The van der Waals surface area contributed by atoms with Crippen molar-refractivity contribution in [2.24, 2.45) is 0 Å². The van der Waals surface area contributed by atoms with E-state index in [1.165, 1.54) is 0 Å². The van der Waals surface area contributed by atoms with Crippen LogP contribution in [0.15, 0.2) is 0 Å². The van der Waals surface area contributed by atoms with Crippen molar-refractivity contribution < 1.29 is 4.74 Å². The third-order valence-electron chi connectivity index (χ3n) is 0.897. The highest BCUT2D eigenvalue weighted by atomic mass is 32.1. The lowest BCUT2D eigenvalue weighted by Crippen LogP contribution is -1.95. The van der Waals surface area contributed by atoms with Crippen LogP contribution >= 0.6 is 12.2 Å². The van der Waals surface area contributed by atoms with Crippen molar-refractivity contribution in [3.8, 4) is 6.07 Å². The third kappa shape index (κ3) is 5.25. The van der Waals surface area contributed by atoms with Crippen LogP contribution in [0.2, 0.25) is 0 Å². The second-order valence-corrected chi connectivity index (χ2v) is 2.04. The van der Waals surface area contributed by atoms with Crippen LogP contribution < -0.4 is 0 Å². The number of methoxy groups -OCH3 is 1. The van der Waals surface area contributed by atoms with Crippen LogP contribution in [0.1, 0.15) is 19.3 Å². The second kappa shape index (κ2) is 5.52. The van der Waals surface area contributed by atoms with Crippen molar-refractivity contribution in [3.63, 3.8) is 0 Å². The minimum absolute atomic E-state index is 0.559. The molecule has 3 heteroatoms. The Balaban J connectivity index is 3.09. The molecule has 0 amide bonds. The van der Waals surface area contributed by atoms with E-state index < -0.39 is 0 Å². The Morgan fingerprint density at radius 1 is 1.78 bits per heavy atom. The van der Waals surface area contributed by atoms with Gasteiger partial charge in [0.25, 0.3) is 0 Å². The van der Waals surface area contributed by atoms with Gasteiger partial charge in [0, 0.05) is 12.8 Å². The number of nitrogens with zero attached hydrogens (tertiary/aromatic N) is 1. The third-order valence-corrected chi connectivity index (χ3v) is 1.27. The van der Waals surface area contributed by atoms with E-state index >= 15 is 0 Å². The van der Waals surface area contributed by atoms with Crippen molar-refractivity contribution in [3.05, 3.63) is 0 Å². The van der Waals surface area contributed by atoms with Gasteiger partial charge in [-0.25, -0.2) is 0 Å². The summed E-state index contributed by atoms with van der Waals surface area (Å²) >= 11 is 4.74. The number of hydrogen-bond acceptors (Lipinski definition) is 3. The molecule has 0 radical (unpaired) electrons. The van der Waals surface area contributed by atoms with E-state index in [2.05, 4.69) is 0 Å². The molecule has 0 aromatic rings. The summed E-state index contributed by atoms with van der Waals surface area (Å²) in [5.41, 5.74) is 0. The van der Waals surface area contributed by atoms with Crippen molar-refractivity contribution in [2.75, 3.05) is 7.11 Å². The molecule has 50 valence electrons. The lowest BCUT2D eigenvalue weighted by atomic mass is 10.3. The molecule has 0 aliphatic carbocycles. The van der Waals surface area contributed by atoms with Gasteiger partial charge in [-0.2, -0.15) is 5.26 Å². The number of thiocarbonyl (C=S) groups is 1. The van der Waals surface area contributed by atoms with E-state index in [1.807, 2.05) is 6.07 Å². The summed E-state index contributed by atoms with van der Waals surface area (Å²) < 4.78 is 4.72. The van der Waals surface area contributed by atoms with Gasteiger partial charge >= 0.3 is 0 Å². The molecule has 0 aliphatic rings. The number of ether oxygens (including phenoxy) is 1. The van der Waals surface area contributed by atoms with E-state index in [0.717, 1.165) is 12.8 Å². The Hall–Kier alpha value is -0.620. The van der Waals surface area contributed by atoms with Crippen LogP contribution in [-0.4, -0.2) is 12.2 Å². The van der Waals surface area contributed by atoms with Crippen LogP contribution in [0.25, 0.3) is 0 Å². The lowest BCUT2D eigenvalue weighted by Gasteiger charge is -1.96. The smallest absolute Gasteiger partial charge is 0.159 e. The van der Waals surface area contributed by atoms with E-state index in [4.69, 9.17) is 22.2 Å². The van der Waals surface area contributed by atoms with Crippen molar-refractivity contribution in [1.82, 2.24) is 0 Å².